The lowest BCUT2D eigenvalue weighted by atomic mass is 10.1. The van der Waals surface area contributed by atoms with Crippen LogP contribution < -0.4 is 21.0 Å². The number of fused-ring (bicyclic) bond motifs is 3. The number of imide groups is 2. The number of carbonyl (C=O) groups is 6. The minimum atomic E-state index is -4.38. The molecule has 88 heavy (non-hydrogen) atoms. The van der Waals surface area contributed by atoms with Crippen LogP contribution in [-0.4, -0.2) is 151 Å². The number of unbranched alkanes of at least 4 members (excludes halogenated alkanes) is 2. The van der Waals surface area contributed by atoms with E-state index in [0.29, 0.717) is 47.9 Å². The van der Waals surface area contributed by atoms with Gasteiger partial charge in [-0.1, -0.05) is 108 Å². The Bertz CT molecular complexity index is 3010. The molecule has 3 aliphatic heterocycles. The van der Waals surface area contributed by atoms with Gasteiger partial charge in [-0.2, -0.15) is 10.2 Å². The Hall–Kier alpha value is -6.37. The summed E-state index contributed by atoms with van der Waals surface area (Å²) >= 11 is 9.53. The molecule has 5 aromatic rings. The van der Waals surface area contributed by atoms with Gasteiger partial charge in [0.1, 0.15) is 19.0 Å². The summed E-state index contributed by atoms with van der Waals surface area (Å²) in [6.45, 7) is 0.324. The van der Waals surface area contributed by atoms with Gasteiger partial charge in [-0.15, -0.1) is 42.7 Å². The van der Waals surface area contributed by atoms with Crippen molar-refractivity contribution in [1.82, 2.24) is 39.9 Å². The number of nitrogens with zero attached hydrogens (tertiary/aromatic N) is 7. The number of azo groups is 1. The van der Waals surface area contributed by atoms with Gasteiger partial charge in [-0.25, -0.2) is 9.59 Å². The lowest BCUT2D eigenvalue weighted by molar-refractivity contribution is -0.199. The van der Waals surface area contributed by atoms with Crippen molar-refractivity contribution >= 4 is 87.8 Å². The number of halogens is 2. The van der Waals surface area contributed by atoms with E-state index in [1.165, 1.54) is 0 Å². The quantitative estimate of drug-likeness (QED) is 0.0131. The molecule has 0 aromatic heterocycles. The van der Waals surface area contributed by atoms with Gasteiger partial charge < -0.3 is 43.5 Å². The Morgan fingerprint density at radius 1 is 0.602 bits per heavy atom. The molecule has 0 bridgehead atoms. The Balaban J connectivity index is 0.000000240. The SMILES string of the molecule is CN(C)[P+](ONC1N=Nc2ccccc21)(N(C)C)N(C)C.COP(=O)(O)C(CCCCN1C(=O)c2ccccc2C1=O)NC(=O)OCc1ccccc1.COP(=O)([O-])C(CCCCN1C(=O)c2ccccc2C1=O)NC(=O)OCc1ccccc1.ClCCl. The molecule has 0 fully saturated rings. The molecule has 3 aliphatic rings. The third kappa shape index (κ3) is 19.8. The van der Waals surface area contributed by atoms with Gasteiger partial charge in [-0.05, 0) is 80.0 Å². The number of ether oxygens (including phenoxy) is 2. The summed E-state index contributed by atoms with van der Waals surface area (Å²) < 4.78 is 56.5. The van der Waals surface area contributed by atoms with Gasteiger partial charge in [-0.3, -0.25) is 33.5 Å². The van der Waals surface area contributed by atoms with Crippen molar-refractivity contribution in [3.63, 3.8) is 0 Å². The lowest BCUT2D eigenvalue weighted by Gasteiger charge is -2.36. The summed E-state index contributed by atoms with van der Waals surface area (Å²) in [4.78, 5) is 98.4. The smallest absolute Gasteiger partial charge is 0.408 e. The highest BCUT2D eigenvalue weighted by Gasteiger charge is 2.52. The molecule has 30 heteroatoms. The first-order valence-electron chi connectivity index (χ1n) is 27.6. The van der Waals surface area contributed by atoms with E-state index in [0.717, 1.165) is 46.4 Å². The molecular weight excluding hydrogens is 1240 g/mol. The predicted molar refractivity (Wildman–Crippen MR) is 332 cm³/mol. The number of alkyl halides is 2. The number of hydrogen-bond donors (Lipinski definition) is 4. The van der Waals surface area contributed by atoms with Crippen molar-refractivity contribution in [1.29, 1.82) is 0 Å². The van der Waals surface area contributed by atoms with E-state index in [1.54, 1.807) is 97.1 Å². The molecule has 0 spiro atoms. The number of benzene rings is 5. The standard InChI is InChI=1S/2C22H25N2O7P.C13H24N6OP.CH2Cl2/c2*1-30-32(28,29)19(23-22(27)31-15-16-9-3-2-4-10-16)13-7-8-14-24-20(25)17-11-5-6-12-18(17)21(24)26;1-17(2)21(18(3)4,19(5)6)20-16-13-11-9-7-8-10-12(11)14-15-13;2-1-3/h2*2-6,9-12,19H,7-8,13-15H2,1H3,(H,23,27)(H,28,29);7-10,13,16H,1-6H3;1H2/q;;+1;/p-1. The zero-order valence-corrected chi connectivity index (χ0v) is 54.3. The third-order valence-corrected chi connectivity index (χ3v) is 20.5. The van der Waals surface area contributed by atoms with E-state index < -0.39 is 46.9 Å². The average molecular weight is 1320 g/mol. The number of alkyl carbamates (subject to hydrolysis) is 2. The van der Waals surface area contributed by atoms with Gasteiger partial charge in [0.25, 0.3) is 23.6 Å². The molecule has 5 atom stereocenters. The minimum absolute atomic E-state index is 0.00469. The van der Waals surface area contributed by atoms with Crippen LogP contribution in [-0.2, 0) is 45.5 Å². The molecule has 0 saturated heterocycles. The average Bonchev–Trinajstić information content (AvgIpc) is 3.78. The molecular formula is C58H75Cl2N10O15P3. The highest BCUT2D eigenvalue weighted by Crippen LogP contribution is 2.64. The van der Waals surface area contributed by atoms with Gasteiger partial charge in [0.2, 0.25) is 0 Å². The molecule has 4 N–H and O–H groups in total. The first-order chi connectivity index (χ1) is 42.0. The minimum Gasteiger partial charge on any atom is -0.777 e. The van der Waals surface area contributed by atoms with Crippen LogP contribution in [0.4, 0.5) is 15.3 Å². The van der Waals surface area contributed by atoms with Crippen LogP contribution in [0, 0.1) is 0 Å². The van der Waals surface area contributed by atoms with Gasteiger partial charge >= 0.3 is 27.7 Å². The number of rotatable bonds is 26. The molecule has 476 valence electrons. The number of carbonyl (C=O) groups excluding carboxylic acids is 6. The maximum atomic E-state index is 12.4. The Morgan fingerprint density at radius 2 is 0.977 bits per heavy atom. The van der Waals surface area contributed by atoms with Gasteiger partial charge in [0, 0.05) is 75.2 Å². The fourth-order valence-electron chi connectivity index (χ4n) is 9.30. The van der Waals surface area contributed by atoms with Gasteiger partial charge in [0.05, 0.1) is 39.1 Å². The van der Waals surface area contributed by atoms with E-state index in [-0.39, 0.29) is 74.3 Å². The lowest BCUT2D eigenvalue weighted by Crippen LogP contribution is -2.40. The summed E-state index contributed by atoms with van der Waals surface area (Å²) in [5.41, 5.74) is 8.02. The molecule has 5 aromatic carbocycles. The Morgan fingerprint density at radius 3 is 1.38 bits per heavy atom. The Kier molecular flexibility index (Phi) is 28.9. The molecule has 6 amide bonds. The van der Waals surface area contributed by atoms with E-state index >= 15 is 0 Å². The van der Waals surface area contributed by atoms with Crippen LogP contribution in [0.25, 0.3) is 0 Å². The van der Waals surface area contributed by atoms with E-state index in [9.17, 15) is 47.7 Å². The number of amides is 6. The largest absolute Gasteiger partial charge is 0.777 e. The molecule has 0 aliphatic carbocycles. The van der Waals surface area contributed by atoms with Crippen molar-refractivity contribution in [2.45, 2.75) is 69.5 Å². The van der Waals surface area contributed by atoms with E-state index in [2.05, 4.69) is 44.9 Å². The van der Waals surface area contributed by atoms with Crippen molar-refractivity contribution in [2.24, 2.45) is 10.2 Å². The third-order valence-electron chi connectivity index (χ3n) is 13.6. The number of hydrogen-bond acceptors (Lipinski definition) is 20. The van der Waals surface area contributed by atoms with E-state index in [4.69, 9.17) is 41.8 Å². The van der Waals surface area contributed by atoms with Gasteiger partial charge in [0.15, 0.2) is 13.8 Å². The topological polar surface area (TPSA) is 303 Å². The monoisotopic (exact) mass is 1310 g/mol. The van der Waals surface area contributed by atoms with Crippen LogP contribution in [0.3, 0.4) is 0 Å². The molecule has 8 rings (SSSR count). The second-order valence-corrected chi connectivity index (χ2v) is 28.7. The Labute approximate surface area is 523 Å². The summed E-state index contributed by atoms with van der Waals surface area (Å²) in [6.07, 6.45) is -0.391. The van der Waals surface area contributed by atoms with Crippen molar-refractivity contribution in [2.75, 3.05) is 74.9 Å². The first-order valence-corrected chi connectivity index (χ1v) is 33.4. The van der Waals surface area contributed by atoms with Crippen LogP contribution in [0.15, 0.2) is 144 Å². The fraction of sp³-hybridized carbons (Fsp3) is 0.379. The molecule has 0 radical (unpaired) electrons. The normalized spacial score (nSPS) is 16.0. The maximum Gasteiger partial charge on any atom is 0.408 e. The highest BCUT2D eigenvalue weighted by atomic mass is 35.5. The highest BCUT2D eigenvalue weighted by molar-refractivity contribution is 7.64. The summed E-state index contributed by atoms with van der Waals surface area (Å²) in [5, 5.41) is 13.3. The predicted octanol–water partition coefficient (Wildman–Crippen LogP) is 10.5. The first kappa shape index (κ1) is 72.4. The number of hydroxylamine groups is 1. The summed E-state index contributed by atoms with van der Waals surface area (Å²) in [5.74, 6) is -3.91. The maximum absolute atomic E-state index is 12.4. The summed E-state index contributed by atoms with van der Waals surface area (Å²) in [6, 6.07) is 39.1. The van der Waals surface area contributed by atoms with Crippen LogP contribution in [0.2, 0.25) is 0 Å². The zero-order valence-electron chi connectivity index (χ0n) is 50.1. The fourth-order valence-corrected chi connectivity index (χ4v) is 14.2. The molecule has 0 saturated carbocycles. The molecule has 25 nitrogen and oxygen atoms in total. The van der Waals surface area contributed by atoms with Crippen LogP contribution in [0.1, 0.15) is 103 Å². The van der Waals surface area contributed by atoms with Crippen molar-refractivity contribution < 1.29 is 70.8 Å². The molecule has 5 unspecified atom stereocenters. The van der Waals surface area contributed by atoms with Crippen molar-refractivity contribution in [3.8, 4) is 0 Å². The summed E-state index contributed by atoms with van der Waals surface area (Å²) in [7, 11) is 3.59. The van der Waals surface area contributed by atoms with E-state index in [1.807, 2.05) is 78.7 Å². The molecule has 3 heterocycles. The van der Waals surface area contributed by atoms with Crippen LogP contribution in [0.5, 0.6) is 0 Å². The second-order valence-electron chi connectivity index (χ2n) is 20.1. The number of nitrogens with one attached hydrogen (secondary N) is 3. The van der Waals surface area contributed by atoms with Crippen molar-refractivity contribution in [3.05, 3.63) is 172 Å². The second kappa shape index (κ2) is 35.1. The zero-order chi connectivity index (χ0) is 64.6. The van der Waals surface area contributed by atoms with Crippen LogP contribution >= 0.6 is 46.3 Å².